The molecule has 2 N–H and O–H groups in total. The fraction of sp³-hybridized carbons (Fsp3) is 0. The van der Waals surface area contributed by atoms with E-state index in [9.17, 15) is 18.5 Å². The van der Waals surface area contributed by atoms with Crippen LogP contribution >= 0.6 is 11.3 Å². The number of rotatable bonds is 2. The highest BCUT2D eigenvalue weighted by molar-refractivity contribution is 7.89. The minimum absolute atomic E-state index is 0.0431. The highest BCUT2D eigenvalue weighted by atomic mass is 32.2. The van der Waals surface area contributed by atoms with Crippen molar-refractivity contribution in [3.63, 3.8) is 0 Å². The molecule has 0 saturated carbocycles. The molecule has 2 aromatic rings. The van der Waals surface area contributed by atoms with E-state index in [2.05, 4.69) is 4.98 Å². The quantitative estimate of drug-likeness (QED) is 0.634. The topological polar surface area (TPSA) is 116 Å². The smallest absolute Gasteiger partial charge is 0.258 e. The molecule has 0 radical (unpaired) electrons. The van der Waals surface area contributed by atoms with E-state index in [1.807, 2.05) is 0 Å². The number of benzene rings is 1. The first-order valence-electron chi connectivity index (χ1n) is 3.94. The maximum absolute atomic E-state index is 11.2. The molecular formula is C7H5N3O4S2. The number of sulfonamides is 1. The van der Waals surface area contributed by atoms with Gasteiger partial charge in [-0.2, -0.15) is 0 Å². The van der Waals surface area contributed by atoms with Crippen LogP contribution < -0.4 is 5.14 Å². The Labute approximate surface area is 93.7 Å². The molecule has 0 saturated heterocycles. The fourth-order valence-corrected chi connectivity index (χ4v) is 2.68. The molecule has 0 fully saturated rings. The molecule has 0 aliphatic heterocycles. The third kappa shape index (κ3) is 1.64. The Bertz CT molecular complexity index is 676. The number of primary sulfonamides is 1. The van der Waals surface area contributed by atoms with Crippen LogP contribution in [-0.2, 0) is 10.0 Å². The molecule has 16 heavy (non-hydrogen) atoms. The lowest BCUT2D eigenvalue weighted by Gasteiger charge is -2.00. The van der Waals surface area contributed by atoms with E-state index in [4.69, 9.17) is 5.14 Å². The number of nitrogens with zero attached hydrogens (tertiary/aromatic N) is 2. The first-order chi connectivity index (χ1) is 7.41. The maximum atomic E-state index is 11.2. The van der Waals surface area contributed by atoms with Gasteiger partial charge in [0.05, 0.1) is 15.1 Å². The summed E-state index contributed by atoms with van der Waals surface area (Å²) >= 11 is 1.19. The van der Waals surface area contributed by atoms with Crippen molar-refractivity contribution in [2.45, 2.75) is 4.90 Å². The fourth-order valence-electron chi connectivity index (χ4n) is 1.30. The Hall–Kier alpha value is -1.58. The van der Waals surface area contributed by atoms with E-state index in [0.717, 1.165) is 6.07 Å². The van der Waals surface area contributed by atoms with Gasteiger partial charge in [0, 0.05) is 0 Å². The highest BCUT2D eigenvalue weighted by Gasteiger charge is 2.27. The van der Waals surface area contributed by atoms with Gasteiger partial charge < -0.3 is 0 Å². The number of thiazole rings is 1. The van der Waals surface area contributed by atoms with Crippen LogP contribution in [0.2, 0.25) is 0 Å². The molecule has 1 heterocycles. The molecule has 0 unspecified atom stereocenters. The van der Waals surface area contributed by atoms with Crippen LogP contribution in [0.4, 0.5) is 5.69 Å². The van der Waals surface area contributed by atoms with E-state index >= 15 is 0 Å². The summed E-state index contributed by atoms with van der Waals surface area (Å²) in [5.41, 5.74) is 0.882. The second-order valence-electron chi connectivity index (χ2n) is 2.91. The second-order valence-corrected chi connectivity index (χ2v) is 5.33. The summed E-state index contributed by atoms with van der Waals surface area (Å²) in [6.45, 7) is 0. The molecule has 0 aliphatic rings. The Balaban J connectivity index is 2.95. The van der Waals surface area contributed by atoms with Gasteiger partial charge in [0.1, 0.15) is 0 Å². The molecule has 0 amide bonds. The number of fused-ring (bicyclic) bond motifs is 1. The van der Waals surface area contributed by atoms with Gasteiger partial charge in [0.15, 0.2) is 10.4 Å². The zero-order valence-corrected chi connectivity index (χ0v) is 9.29. The van der Waals surface area contributed by atoms with Gasteiger partial charge in [-0.1, -0.05) is 0 Å². The zero-order valence-electron chi connectivity index (χ0n) is 7.65. The van der Waals surface area contributed by atoms with Crippen LogP contribution in [-0.4, -0.2) is 18.3 Å². The predicted molar refractivity (Wildman–Crippen MR) is 57.6 cm³/mol. The summed E-state index contributed by atoms with van der Waals surface area (Å²) in [7, 11) is -4.12. The van der Waals surface area contributed by atoms with Crippen molar-refractivity contribution in [1.29, 1.82) is 0 Å². The average Bonchev–Trinajstić information content (AvgIpc) is 2.61. The normalized spacial score (nSPS) is 11.8. The summed E-state index contributed by atoms with van der Waals surface area (Å²) in [6.07, 6.45) is 0. The lowest BCUT2D eigenvalue weighted by atomic mass is 10.3. The molecular weight excluding hydrogens is 254 g/mol. The van der Waals surface area contributed by atoms with Crippen LogP contribution in [0.5, 0.6) is 0 Å². The number of aromatic nitrogens is 1. The molecule has 2 rings (SSSR count). The first kappa shape index (κ1) is 10.9. The van der Waals surface area contributed by atoms with Crippen molar-refractivity contribution in [2.75, 3.05) is 0 Å². The van der Waals surface area contributed by atoms with E-state index in [1.54, 1.807) is 0 Å². The number of hydrogen-bond donors (Lipinski definition) is 1. The van der Waals surface area contributed by atoms with Gasteiger partial charge in [-0.05, 0) is 12.1 Å². The molecule has 1 aromatic carbocycles. The Morgan fingerprint density at radius 2 is 2.12 bits per heavy atom. The molecule has 1 aromatic heterocycles. The number of nitro groups is 1. The minimum atomic E-state index is -4.12. The van der Waals surface area contributed by atoms with Crippen LogP contribution in [0.25, 0.3) is 10.2 Å². The van der Waals surface area contributed by atoms with Gasteiger partial charge in [0.2, 0.25) is 10.0 Å². The zero-order chi connectivity index (χ0) is 11.9. The molecule has 9 heteroatoms. The van der Waals surface area contributed by atoms with Gasteiger partial charge >= 0.3 is 5.69 Å². The maximum Gasteiger partial charge on any atom is 0.316 e. The first-order valence-corrected chi connectivity index (χ1v) is 6.37. The van der Waals surface area contributed by atoms with E-state index in [1.165, 1.54) is 22.9 Å². The lowest BCUT2D eigenvalue weighted by Crippen LogP contribution is -2.14. The van der Waals surface area contributed by atoms with Crippen molar-refractivity contribution in [2.24, 2.45) is 5.14 Å². The van der Waals surface area contributed by atoms with Crippen molar-refractivity contribution in [3.8, 4) is 0 Å². The SMILES string of the molecule is NS(=O)(=O)c1ccc2scnc2c1[N+](=O)[O-]. The Morgan fingerprint density at radius 3 is 2.69 bits per heavy atom. The van der Waals surface area contributed by atoms with Gasteiger partial charge in [-0.25, -0.2) is 18.5 Å². The van der Waals surface area contributed by atoms with Crippen LogP contribution in [0.3, 0.4) is 0 Å². The Morgan fingerprint density at radius 1 is 1.44 bits per heavy atom. The molecule has 0 aliphatic carbocycles. The second kappa shape index (κ2) is 3.47. The highest BCUT2D eigenvalue weighted by Crippen LogP contribution is 2.32. The third-order valence-electron chi connectivity index (χ3n) is 1.93. The minimum Gasteiger partial charge on any atom is -0.258 e. The Kier molecular flexibility index (Phi) is 2.37. The number of nitrogens with two attached hydrogens (primary N) is 1. The summed E-state index contributed by atoms with van der Waals surface area (Å²) < 4.78 is 22.9. The molecule has 0 bridgehead atoms. The van der Waals surface area contributed by atoms with Crippen molar-refractivity contribution in [1.82, 2.24) is 4.98 Å². The number of hydrogen-bond acceptors (Lipinski definition) is 6. The van der Waals surface area contributed by atoms with Crippen LogP contribution in [0, 0.1) is 10.1 Å². The van der Waals surface area contributed by atoms with E-state index < -0.39 is 25.5 Å². The van der Waals surface area contributed by atoms with E-state index in [-0.39, 0.29) is 5.52 Å². The van der Waals surface area contributed by atoms with Crippen molar-refractivity contribution >= 4 is 37.3 Å². The largest absolute Gasteiger partial charge is 0.316 e. The van der Waals surface area contributed by atoms with Gasteiger partial charge in [0.25, 0.3) is 0 Å². The van der Waals surface area contributed by atoms with E-state index in [0.29, 0.717) is 4.70 Å². The van der Waals surface area contributed by atoms with Gasteiger partial charge in [-0.3, -0.25) is 10.1 Å². The number of nitro benzene ring substituents is 1. The third-order valence-corrected chi connectivity index (χ3v) is 3.66. The van der Waals surface area contributed by atoms with Crippen molar-refractivity contribution in [3.05, 3.63) is 27.8 Å². The summed E-state index contributed by atoms with van der Waals surface area (Å²) in [6, 6.07) is 2.56. The molecule has 0 atom stereocenters. The van der Waals surface area contributed by atoms with Crippen LogP contribution in [0.15, 0.2) is 22.5 Å². The van der Waals surface area contributed by atoms with Crippen molar-refractivity contribution < 1.29 is 13.3 Å². The van der Waals surface area contributed by atoms with Crippen LogP contribution in [0.1, 0.15) is 0 Å². The average molecular weight is 259 g/mol. The summed E-state index contributed by atoms with van der Waals surface area (Å²) in [4.78, 5) is 13.3. The van der Waals surface area contributed by atoms with Gasteiger partial charge in [-0.15, -0.1) is 11.3 Å². The summed E-state index contributed by atoms with van der Waals surface area (Å²) in [5.74, 6) is 0. The predicted octanol–water partition coefficient (Wildman–Crippen LogP) is 0.852. The molecule has 7 nitrogen and oxygen atoms in total. The molecule has 0 spiro atoms. The summed E-state index contributed by atoms with van der Waals surface area (Å²) in [5, 5.41) is 15.7. The monoisotopic (exact) mass is 259 g/mol. The molecule has 84 valence electrons. The standard InChI is InChI=1S/C7H5N3O4S2/c8-16(13,14)5-2-1-4-6(9-3-15-4)7(5)10(11)12/h1-3H,(H2,8,13,14). The lowest BCUT2D eigenvalue weighted by molar-refractivity contribution is -0.386.